The van der Waals surface area contributed by atoms with Crippen molar-refractivity contribution in [2.75, 3.05) is 13.1 Å². The number of hydrogen-bond acceptors (Lipinski definition) is 4. The van der Waals surface area contributed by atoms with Gasteiger partial charge in [0.05, 0.1) is 12.2 Å². The smallest absolute Gasteiger partial charge is 0.0669 e. The fourth-order valence-electron chi connectivity index (χ4n) is 2.63. The van der Waals surface area contributed by atoms with E-state index < -0.39 is 0 Å². The van der Waals surface area contributed by atoms with Crippen LogP contribution in [0.2, 0.25) is 0 Å². The van der Waals surface area contributed by atoms with Crippen molar-refractivity contribution in [1.29, 1.82) is 0 Å². The highest BCUT2D eigenvalue weighted by molar-refractivity contribution is 5.16. The summed E-state index contributed by atoms with van der Waals surface area (Å²) in [6.07, 6.45) is 3.97. The van der Waals surface area contributed by atoms with E-state index in [1.807, 2.05) is 10.9 Å². The predicted octanol–water partition coefficient (Wildman–Crippen LogP) is 1.53. The molecule has 3 N–H and O–H groups in total. The van der Waals surface area contributed by atoms with Crippen LogP contribution in [0, 0.1) is 0 Å². The Hall–Kier alpha value is -0.910. The minimum Gasteiger partial charge on any atom is -0.297 e. The third-order valence-electron chi connectivity index (χ3n) is 3.76. The standard InChI is InChI=1S/C13H27N5/c1-6-17(7-2)13(4,5)12(16-14)11-9-15-18(8-3)10-11/h9-10,12,16H,6-8,14H2,1-5H3. The Morgan fingerprint density at radius 3 is 2.39 bits per heavy atom. The number of likely N-dealkylation sites (N-methyl/N-ethyl adjacent to an activating group) is 1. The molecule has 0 aromatic carbocycles. The van der Waals surface area contributed by atoms with E-state index in [4.69, 9.17) is 5.84 Å². The average molecular weight is 253 g/mol. The van der Waals surface area contributed by atoms with Gasteiger partial charge < -0.3 is 0 Å². The maximum atomic E-state index is 5.78. The molecule has 0 aliphatic carbocycles. The van der Waals surface area contributed by atoms with Gasteiger partial charge in [-0.05, 0) is 33.9 Å². The summed E-state index contributed by atoms with van der Waals surface area (Å²) in [4.78, 5) is 2.40. The first-order valence-electron chi connectivity index (χ1n) is 6.74. The lowest BCUT2D eigenvalue weighted by molar-refractivity contribution is 0.0912. The summed E-state index contributed by atoms with van der Waals surface area (Å²) < 4.78 is 1.93. The van der Waals surface area contributed by atoms with Gasteiger partial charge in [0.1, 0.15) is 0 Å². The molecule has 1 heterocycles. The lowest BCUT2D eigenvalue weighted by atomic mass is 9.88. The number of aromatic nitrogens is 2. The molecule has 0 bridgehead atoms. The predicted molar refractivity (Wildman–Crippen MR) is 75.0 cm³/mol. The zero-order valence-electron chi connectivity index (χ0n) is 12.3. The van der Waals surface area contributed by atoms with Crippen LogP contribution in [0.1, 0.15) is 46.2 Å². The van der Waals surface area contributed by atoms with Crippen LogP contribution in [0.4, 0.5) is 0 Å². The van der Waals surface area contributed by atoms with Crippen LogP contribution in [-0.4, -0.2) is 33.3 Å². The van der Waals surface area contributed by atoms with Gasteiger partial charge in [-0.25, -0.2) is 0 Å². The second kappa shape index (κ2) is 6.31. The second-order valence-corrected chi connectivity index (χ2v) is 5.05. The number of rotatable bonds is 7. The lowest BCUT2D eigenvalue weighted by Gasteiger charge is -2.42. The Labute approximate surface area is 110 Å². The monoisotopic (exact) mass is 253 g/mol. The number of nitrogens with two attached hydrogens (primary N) is 1. The Kier molecular flexibility index (Phi) is 5.31. The van der Waals surface area contributed by atoms with E-state index >= 15 is 0 Å². The number of hydrazine groups is 1. The normalized spacial score (nSPS) is 14.2. The molecule has 0 amide bonds. The Morgan fingerprint density at radius 2 is 2.00 bits per heavy atom. The number of nitrogens with zero attached hydrogens (tertiary/aromatic N) is 3. The molecule has 0 radical (unpaired) electrons. The summed E-state index contributed by atoms with van der Waals surface area (Å²) in [6.45, 7) is 13.7. The number of nitrogens with one attached hydrogen (secondary N) is 1. The van der Waals surface area contributed by atoms with Gasteiger partial charge in [0.15, 0.2) is 0 Å². The van der Waals surface area contributed by atoms with Crippen molar-refractivity contribution in [3.63, 3.8) is 0 Å². The third-order valence-corrected chi connectivity index (χ3v) is 3.76. The fourth-order valence-corrected chi connectivity index (χ4v) is 2.63. The lowest BCUT2D eigenvalue weighted by Crippen LogP contribution is -2.54. The Balaban J connectivity index is 3.00. The maximum Gasteiger partial charge on any atom is 0.0669 e. The van der Waals surface area contributed by atoms with E-state index in [-0.39, 0.29) is 11.6 Å². The summed E-state index contributed by atoms with van der Waals surface area (Å²) in [6, 6.07) is 0.0673. The minimum atomic E-state index is -0.0557. The van der Waals surface area contributed by atoms with Crippen LogP contribution in [0.25, 0.3) is 0 Å². The third kappa shape index (κ3) is 2.91. The van der Waals surface area contributed by atoms with Crippen molar-refractivity contribution < 1.29 is 0 Å². The molecule has 0 saturated heterocycles. The topological polar surface area (TPSA) is 59.1 Å². The van der Waals surface area contributed by atoms with Crippen molar-refractivity contribution in [2.45, 2.75) is 52.7 Å². The summed E-state index contributed by atoms with van der Waals surface area (Å²) in [7, 11) is 0. The van der Waals surface area contributed by atoms with E-state index in [0.29, 0.717) is 0 Å². The summed E-state index contributed by atoms with van der Waals surface area (Å²) in [5.74, 6) is 5.78. The Bertz CT molecular complexity index is 354. The number of aryl methyl sites for hydroxylation is 1. The molecule has 5 heteroatoms. The molecule has 104 valence electrons. The Morgan fingerprint density at radius 1 is 1.39 bits per heavy atom. The molecular weight excluding hydrogens is 226 g/mol. The molecule has 18 heavy (non-hydrogen) atoms. The first-order chi connectivity index (χ1) is 8.51. The molecular formula is C13H27N5. The zero-order valence-corrected chi connectivity index (χ0v) is 12.3. The molecule has 5 nitrogen and oxygen atoms in total. The van der Waals surface area contributed by atoms with E-state index in [2.05, 4.69) is 56.2 Å². The summed E-state index contributed by atoms with van der Waals surface area (Å²) >= 11 is 0. The maximum absolute atomic E-state index is 5.78. The summed E-state index contributed by atoms with van der Waals surface area (Å²) in [5, 5.41) is 4.33. The van der Waals surface area contributed by atoms with Crippen LogP contribution in [0.5, 0.6) is 0 Å². The molecule has 0 fully saturated rings. The highest BCUT2D eigenvalue weighted by Gasteiger charge is 2.35. The second-order valence-electron chi connectivity index (χ2n) is 5.05. The van der Waals surface area contributed by atoms with Crippen LogP contribution < -0.4 is 11.3 Å². The number of hydrogen-bond donors (Lipinski definition) is 2. The highest BCUT2D eigenvalue weighted by atomic mass is 15.3. The fraction of sp³-hybridized carbons (Fsp3) is 0.769. The molecule has 1 aromatic heterocycles. The molecule has 1 atom stereocenters. The molecule has 1 aromatic rings. The van der Waals surface area contributed by atoms with Gasteiger partial charge in [0, 0.05) is 23.8 Å². The van der Waals surface area contributed by atoms with E-state index in [1.54, 1.807) is 0 Å². The SMILES string of the molecule is CCN(CC)C(C)(C)C(NN)c1cnn(CC)c1. The molecule has 0 spiro atoms. The van der Waals surface area contributed by atoms with Crippen LogP contribution in [0.3, 0.4) is 0 Å². The summed E-state index contributed by atoms with van der Waals surface area (Å²) in [5.41, 5.74) is 4.03. The minimum absolute atomic E-state index is 0.0557. The van der Waals surface area contributed by atoms with Crippen LogP contribution >= 0.6 is 0 Å². The van der Waals surface area contributed by atoms with Gasteiger partial charge in [-0.1, -0.05) is 13.8 Å². The zero-order chi connectivity index (χ0) is 13.8. The van der Waals surface area contributed by atoms with Gasteiger partial charge in [0.25, 0.3) is 0 Å². The van der Waals surface area contributed by atoms with Crippen LogP contribution in [0.15, 0.2) is 12.4 Å². The average Bonchev–Trinajstić information content (AvgIpc) is 2.79. The quantitative estimate of drug-likeness (QED) is 0.571. The molecule has 1 rings (SSSR count). The first kappa shape index (κ1) is 15.1. The molecule has 1 unspecified atom stereocenters. The largest absolute Gasteiger partial charge is 0.297 e. The molecule has 0 aliphatic rings. The first-order valence-corrected chi connectivity index (χ1v) is 6.74. The van der Waals surface area contributed by atoms with Crippen molar-refractivity contribution >= 4 is 0 Å². The van der Waals surface area contributed by atoms with E-state index in [0.717, 1.165) is 25.2 Å². The van der Waals surface area contributed by atoms with Gasteiger partial charge >= 0.3 is 0 Å². The highest BCUT2D eigenvalue weighted by Crippen LogP contribution is 2.30. The van der Waals surface area contributed by atoms with Gasteiger partial charge in [-0.3, -0.25) is 20.9 Å². The van der Waals surface area contributed by atoms with E-state index in [9.17, 15) is 0 Å². The van der Waals surface area contributed by atoms with Gasteiger partial charge in [-0.2, -0.15) is 5.10 Å². The molecule has 0 saturated carbocycles. The van der Waals surface area contributed by atoms with Crippen molar-refractivity contribution in [3.8, 4) is 0 Å². The van der Waals surface area contributed by atoms with Gasteiger partial charge in [0.2, 0.25) is 0 Å². The molecule has 0 aliphatic heterocycles. The van der Waals surface area contributed by atoms with Crippen molar-refractivity contribution in [1.82, 2.24) is 20.1 Å². The van der Waals surface area contributed by atoms with Crippen LogP contribution in [-0.2, 0) is 6.54 Å². The van der Waals surface area contributed by atoms with Crippen molar-refractivity contribution in [3.05, 3.63) is 18.0 Å². The van der Waals surface area contributed by atoms with Gasteiger partial charge in [-0.15, -0.1) is 0 Å². The van der Waals surface area contributed by atoms with Crippen molar-refractivity contribution in [2.24, 2.45) is 5.84 Å². The van der Waals surface area contributed by atoms with E-state index in [1.165, 1.54) is 0 Å².